The maximum absolute atomic E-state index is 12.9. The number of rotatable bonds is 13. The van der Waals surface area contributed by atoms with Gasteiger partial charge in [0, 0.05) is 92.4 Å². The summed E-state index contributed by atoms with van der Waals surface area (Å²) in [7, 11) is -4.48. The highest BCUT2D eigenvalue weighted by Crippen LogP contribution is 2.38. The minimum atomic E-state index is -4.16. The van der Waals surface area contributed by atoms with Gasteiger partial charge in [-0.3, -0.25) is 19.2 Å². The molecule has 0 radical (unpaired) electrons. The van der Waals surface area contributed by atoms with E-state index in [1.54, 1.807) is 37.2 Å². The highest BCUT2D eigenvalue weighted by Gasteiger charge is 2.26. The Morgan fingerprint density at radius 2 is 1.09 bits per heavy atom. The van der Waals surface area contributed by atoms with E-state index in [-0.39, 0.29) is 33.7 Å². The van der Waals surface area contributed by atoms with E-state index in [0.717, 1.165) is 59.8 Å². The minimum absolute atomic E-state index is 0.0756. The van der Waals surface area contributed by atoms with Gasteiger partial charge in [-0.2, -0.15) is 18.6 Å². The minimum Gasteiger partial charge on any atom is -0.387 e. The Bertz CT molecular complexity index is 2490. The van der Waals surface area contributed by atoms with Crippen LogP contribution in [0.3, 0.4) is 0 Å². The number of anilines is 1. The normalized spacial score (nSPS) is 15.0. The fourth-order valence-corrected chi connectivity index (χ4v) is 9.10. The Morgan fingerprint density at radius 3 is 1.45 bits per heavy atom. The van der Waals surface area contributed by atoms with Crippen LogP contribution in [0, 0.1) is 11.5 Å². The second kappa shape index (κ2) is 24.1. The zero-order valence-corrected chi connectivity index (χ0v) is 42.5. The second-order valence-corrected chi connectivity index (χ2v) is 21.3. The molecule has 0 bridgehead atoms. The molecule has 2 fully saturated rings. The first kappa shape index (κ1) is 54.3. The van der Waals surface area contributed by atoms with Crippen LogP contribution in [0.5, 0.6) is 5.75 Å². The van der Waals surface area contributed by atoms with Gasteiger partial charge in [0.15, 0.2) is 10.1 Å². The predicted molar refractivity (Wildman–Crippen MR) is 255 cm³/mol. The summed E-state index contributed by atoms with van der Waals surface area (Å²) in [5, 5.41) is 25.5. The number of amides is 2. The molecule has 0 atom stereocenters. The maximum Gasteiger partial charge on any atom is 0.333 e. The largest absolute Gasteiger partial charge is 0.387 e. The summed E-state index contributed by atoms with van der Waals surface area (Å²) in [6.45, 7) is 23.3. The van der Waals surface area contributed by atoms with Crippen molar-refractivity contribution in [2.75, 3.05) is 57.9 Å². The molecule has 2 aliphatic heterocycles. The van der Waals surface area contributed by atoms with Crippen molar-refractivity contribution < 1.29 is 35.8 Å². The van der Waals surface area contributed by atoms with Crippen LogP contribution in [0.1, 0.15) is 113 Å². The summed E-state index contributed by atoms with van der Waals surface area (Å²) < 4.78 is 68.9. The molecule has 364 valence electrons. The SMILES string of the molecule is CC(C)c1cc(Cl)cc(C(C)C)c1NC(=O)NS(=O)(=O)c1cc(CN2CCOCC2)n(C)n1.CC(C)c1cc(Cl)cc(C(C)C)c1OC#N.Cn1nc(S(N)(=O)=O)cc1CN1CCOCC1. The topological polar surface area (TPSA) is 229 Å². The standard InChI is InChI=1S/C22H32ClN5O4S.C13H16ClNO.C9H16N4O3S/c1-14(2)18-10-16(23)11-19(15(3)4)21(18)24-22(29)26-33(30,31)20-12-17(27(5)25-20)13-28-6-8-32-9-7-28;1-8(2)11-5-10(14)6-12(9(3)4)13(11)16-7-15;1-12-8(6-9(11-12)17(10,14)15)7-13-2-4-16-5-3-13/h10-12,14-15H,6-9,13H2,1-5H3,(H2,24,26,29);5-6,8-9H,1-4H3;6H,2-5,7H2,1H3,(H2,10,14,15). The molecule has 66 heavy (non-hydrogen) atoms. The van der Waals surface area contributed by atoms with Gasteiger partial charge in [-0.05, 0) is 59.1 Å². The fourth-order valence-electron chi connectivity index (χ4n) is 7.17. The van der Waals surface area contributed by atoms with Crippen molar-refractivity contribution in [2.24, 2.45) is 19.2 Å². The number of urea groups is 1. The first-order chi connectivity index (χ1) is 30.9. The Morgan fingerprint density at radius 1 is 0.712 bits per heavy atom. The molecule has 18 nitrogen and oxygen atoms in total. The van der Waals surface area contributed by atoms with Gasteiger partial charge in [-0.15, -0.1) is 5.26 Å². The number of sulfonamides is 2. The fraction of sp³-hybridized carbons (Fsp3) is 0.545. The van der Waals surface area contributed by atoms with Crippen LogP contribution in [-0.2, 0) is 56.7 Å². The molecule has 4 N–H and O–H groups in total. The van der Waals surface area contributed by atoms with Crippen molar-refractivity contribution >= 4 is 55.0 Å². The van der Waals surface area contributed by atoms with Crippen LogP contribution in [0.15, 0.2) is 46.5 Å². The van der Waals surface area contributed by atoms with Crippen LogP contribution in [0.2, 0.25) is 10.0 Å². The summed E-state index contributed by atoms with van der Waals surface area (Å²) >= 11 is 12.3. The maximum atomic E-state index is 12.9. The number of hydrogen-bond acceptors (Lipinski definition) is 13. The van der Waals surface area contributed by atoms with E-state index in [9.17, 15) is 21.6 Å². The predicted octanol–water partition coefficient (Wildman–Crippen LogP) is 7.01. The first-order valence-corrected chi connectivity index (χ1v) is 25.4. The third-order valence-electron chi connectivity index (χ3n) is 10.8. The van der Waals surface area contributed by atoms with Gasteiger partial charge < -0.3 is 19.5 Å². The highest BCUT2D eigenvalue weighted by molar-refractivity contribution is 7.90. The number of ether oxygens (including phenoxy) is 3. The molecule has 6 rings (SSSR count). The third kappa shape index (κ3) is 15.4. The number of benzene rings is 2. The van der Waals surface area contributed by atoms with Crippen molar-refractivity contribution in [3.8, 4) is 12.0 Å². The van der Waals surface area contributed by atoms with Gasteiger partial charge >= 0.3 is 6.03 Å². The van der Waals surface area contributed by atoms with E-state index < -0.39 is 26.1 Å². The van der Waals surface area contributed by atoms with Gasteiger partial charge in [-0.1, -0.05) is 78.6 Å². The summed E-state index contributed by atoms with van der Waals surface area (Å²) in [4.78, 5) is 17.1. The Labute approximate surface area is 399 Å². The lowest BCUT2D eigenvalue weighted by molar-refractivity contribution is 0.0331. The number of nitrogens with one attached hydrogen (secondary N) is 2. The molecule has 4 heterocycles. The number of morpholine rings is 2. The highest BCUT2D eigenvalue weighted by atomic mass is 35.5. The number of nitrogens with zero attached hydrogens (tertiary/aromatic N) is 7. The van der Waals surface area contributed by atoms with Crippen molar-refractivity contribution in [3.05, 3.63) is 80.1 Å². The van der Waals surface area contributed by atoms with E-state index in [2.05, 4.69) is 57.7 Å². The van der Waals surface area contributed by atoms with E-state index in [1.807, 2.05) is 39.8 Å². The van der Waals surface area contributed by atoms with Gasteiger partial charge in [0.25, 0.3) is 26.3 Å². The van der Waals surface area contributed by atoms with Gasteiger partial charge in [0.2, 0.25) is 0 Å². The third-order valence-corrected chi connectivity index (χ3v) is 13.3. The molecule has 2 amide bonds. The number of carbonyl (C=O) groups is 1. The molecule has 0 aliphatic carbocycles. The Balaban J connectivity index is 0.000000241. The lowest BCUT2D eigenvalue weighted by Gasteiger charge is -2.26. The quantitative estimate of drug-likeness (QED) is 0.115. The zero-order chi connectivity index (χ0) is 49.1. The molecule has 22 heteroatoms. The first-order valence-electron chi connectivity index (χ1n) is 21.7. The molecule has 0 unspecified atom stereocenters. The van der Waals surface area contributed by atoms with E-state index >= 15 is 0 Å². The average molecular weight is 996 g/mol. The van der Waals surface area contributed by atoms with E-state index in [1.165, 1.54) is 16.8 Å². The molecule has 4 aromatic rings. The van der Waals surface area contributed by atoms with Gasteiger partial charge in [0.1, 0.15) is 5.75 Å². The molecule has 2 saturated heterocycles. The zero-order valence-electron chi connectivity index (χ0n) is 39.4. The number of carbonyl (C=O) groups excluding carboxylic acids is 1. The molecule has 0 saturated carbocycles. The van der Waals surface area contributed by atoms with E-state index in [0.29, 0.717) is 61.0 Å². The molecular formula is C44H64Cl2N10O8S2. The summed E-state index contributed by atoms with van der Waals surface area (Å²) in [6.07, 6.45) is 1.75. The van der Waals surface area contributed by atoms with Crippen LogP contribution in [0.25, 0.3) is 0 Å². The lowest BCUT2D eigenvalue weighted by atomic mass is 9.92. The number of nitriles is 1. The summed E-state index contributed by atoms with van der Waals surface area (Å²) in [5.41, 5.74) is 5.78. The van der Waals surface area contributed by atoms with Crippen LogP contribution >= 0.6 is 23.2 Å². The van der Waals surface area contributed by atoms with Crippen molar-refractivity contribution in [3.63, 3.8) is 0 Å². The lowest BCUT2D eigenvalue weighted by Crippen LogP contribution is -2.36. The monoisotopic (exact) mass is 994 g/mol. The number of halogens is 2. The molecule has 0 spiro atoms. The van der Waals surface area contributed by atoms with Crippen LogP contribution in [-0.4, -0.2) is 105 Å². The molecule has 2 aliphatic rings. The average Bonchev–Trinajstić information content (AvgIpc) is 3.81. The van der Waals surface area contributed by atoms with Crippen molar-refractivity contribution in [2.45, 2.75) is 102 Å². The van der Waals surface area contributed by atoms with Gasteiger partial charge in [-0.25, -0.2) is 23.1 Å². The summed E-state index contributed by atoms with van der Waals surface area (Å²) in [6, 6.07) is 9.48. The summed E-state index contributed by atoms with van der Waals surface area (Å²) in [5.74, 6) is 1.37. The number of nitrogens with two attached hydrogens (primary N) is 1. The number of aryl methyl sites for hydroxylation is 2. The number of hydrogen-bond donors (Lipinski definition) is 3. The number of aromatic nitrogens is 4. The van der Waals surface area contributed by atoms with Crippen LogP contribution < -0.4 is 19.9 Å². The smallest absolute Gasteiger partial charge is 0.333 e. The van der Waals surface area contributed by atoms with E-state index in [4.69, 9.17) is 47.8 Å². The molecule has 2 aromatic heterocycles. The second-order valence-electron chi connectivity index (χ2n) is 17.3. The van der Waals surface area contributed by atoms with Crippen molar-refractivity contribution in [1.29, 1.82) is 5.26 Å². The van der Waals surface area contributed by atoms with Gasteiger partial charge in [0.05, 0.1) is 37.8 Å². The Kier molecular flexibility index (Phi) is 19.8. The van der Waals surface area contributed by atoms with Crippen LogP contribution in [0.4, 0.5) is 10.5 Å². The molecule has 2 aromatic carbocycles. The number of primary sulfonamides is 1. The van der Waals surface area contributed by atoms with Crippen molar-refractivity contribution in [1.82, 2.24) is 34.1 Å². The molecular weight excluding hydrogens is 932 g/mol. The Hall–Kier alpha value is -4.30.